The van der Waals surface area contributed by atoms with Crippen molar-refractivity contribution in [2.75, 3.05) is 37.4 Å². The van der Waals surface area contributed by atoms with Crippen LogP contribution in [0.1, 0.15) is 22.8 Å². The lowest BCUT2D eigenvalue weighted by Gasteiger charge is -2.16. The summed E-state index contributed by atoms with van der Waals surface area (Å²) < 4.78 is 5.90. The number of anilines is 2. The molecule has 7 nitrogen and oxygen atoms in total. The van der Waals surface area contributed by atoms with Gasteiger partial charge in [0.1, 0.15) is 5.00 Å². The second-order valence-corrected chi connectivity index (χ2v) is 7.94. The predicted molar refractivity (Wildman–Crippen MR) is 114 cm³/mol. The summed E-state index contributed by atoms with van der Waals surface area (Å²) in [6.45, 7) is 3.95. The molecule has 0 atom stereocenters. The maximum atomic E-state index is 12.2. The van der Waals surface area contributed by atoms with E-state index in [1.54, 1.807) is 30.3 Å². The molecule has 0 radical (unpaired) electrons. The molecule has 2 rings (SSSR count). The Morgan fingerprint density at radius 2 is 1.82 bits per heavy atom. The predicted octanol–water partition coefficient (Wildman–Crippen LogP) is 3.50. The molecule has 28 heavy (non-hydrogen) atoms. The molecule has 2 N–H and O–H groups in total. The molecule has 1 aromatic heterocycles. The fourth-order valence-corrected chi connectivity index (χ4v) is 3.71. The van der Waals surface area contributed by atoms with Crippen molar-refractivity contribution in [3.05, 3.63) is 45.2 Å². The molecular formula is C19H22BrN3O4S. The van der Waals surface area contributed by atoms with Crippen molar-refractivity contribution < 1.29 is 19.1 Å². The van der Waals surface area contributed by atoms with Gasteiger partial charge in [0.2, 0.25) is 11.8 Å². The molecule has 0 fully saturated rings. The van der Waals surface area contributed by atoms with Gasteiger partial charge in [-0.15, -0.1) is 11.3 Å². The summed E-state index contributed by atoms with van der Waals surface area (Å²) in [5.74, 6) is -1.01. The lowest BCUT2D eigenvalue weighted by atomic mass is 10.2. The molecule has 0 unspecified atom stereocenters. The molecule has 1 aromatic carbocycles. The number of nitrogens with zero attached hydrogens (tertiary/aromatic N) is 1. The van der Waals surface area contributed by atoms with E-state index >= 15 is 0 Å². The molecule has 2 aromatic rings. The van der Waals surface area contributed by atoms with E-state index in [-0.39, 0.29) is 31.5 Å². The molecule has 150 valence electrons. The highest BCUT2D eigenvalue weighted by molar-refractivity contribution is 9.10. The Balaban J connectivity index is 1.86. The van der Waals surface area contributed by atoms with E-state index in [2.05, 4.69) is 26.6 Å². The molecule has 0 bridgehead atoms. The first-order valence-electron chi connectivity index (χ1n) is 8.59. The van der Waals surface area contributed by atoms with Crippen molar-refractivity contribution in [2.45, 2.75) is 13.8 Å². The summed E-state index contributed by atoms with van der Waals surface area (Å²) >= 11 is 4.63. The van der Waals surface area contributed by atoms with Gasteiger partial charge in [-0.3, -0.25) is 14.5 Å². The van der Waals surface area contributed by atoms with Gasteiger partial charge in [-0.1, -0.05) is 15.9 Å². The van der Waals surface area contributed by atoms with Crippen molar-refractivity contribution in [2.24, 2.45) is 0 Å². The van der Waals surface area contributed by atoms with Gasteiger partial charge in [-0.05, 0) is 56.1 Å². The largest absolute Gasteiger partial charge is 0.462 e. The van der Waals surface area contributed by atoms with E-state index < -0.39 is 5.97 Å². The van der Waals surface area contributed by atoms with Gasteiger partial charge in [-0.2, -0.15) is 0 Å². The topological polar surface area (TPSA) is 87.7 Å². The number of esters is 1. The molecule has 1 heterocycles. The highest BCUT2D eigenvalue weighted by Gasteiger charge is 2.17. The third-order valence-corrected chi connectivity index (χ3v) is 5.03. The number of rotatable bonds is 8. The van der Waals surface area contributed by atoms with Gasteiger partial charge in [0, 0.05) is 10.2 Å². The van der Waals surface area contributed by atoms with Gasteiger partial charge >= 0.3 is 5.97 Å². The molecule has 0 aliphatic rings. The lowest BCUT2D eigenvalue weighted by molar-refractivity contribution is -0.119. The van der Waals surface area contributed by atoms with Gasteiger partial charge in [-0.25, -0.2) is 4.79 Å². The third kappa shape index (κ3) is 6.43. The average Bonchev–Trinajstić information content (AvgIpc) is 3.05. The molecular weight excluding hydrogens is 446 g/mol. The van der Waals surface area contributed by atoms with Crippen molar-refractivity contribution in [1.82, 2.24) is 4.90 Å². The fraction of sp³-hybridized carbons (Fsp3) is 0.316. The van der Waals surface area contributed by atoms with Gasteiger partial charge in [0.05, 0.1) is 25.3 Å². The number of aryl methyl sites for hydroxylation is 1. The summed E-state index contributed by atoms with van der Waals surface area (Å²) in [6, 6.07) is 7.19. The number of halogens is 1. The van der Waals surface area contributed by atoms with Gasteiger partial charge in [0.15, 0.2) is 0 Å². The smallest absolute Gasteiger partial charge is 0.341 e. The van der Waals surface area contributed by atoms with Crippen LogP contribution in [0.2, 0.25) is 0 Å². The standard InChI is InChI=1S/C19H22BrN3O4S/c1-4-27-19(26)14-7-8-28-18(14)22-17(25)11-23(3)10-16(24)21-15-6-5-13(20)9-12(15)2/h5-9H,4,10-11H2,1-3H3,(H,21,24)(H,22,25). The normalized spacial score (nSPS) is 10.6. The number of amides is 2. The highest BCUT2D eigenvalue weighted by atomic mass is 79.9. The van der Waals surface area contributed by atoms with Gasteiger partial charge in [0.25, 0.3) is 0 Å². The Bertz CT molecular complexity index is 869. The highest BCUT2D eigenvalue weighted by Crippen LogP contribution is 2.24. The van der Waals surface area contributed by atoms with Crippen molar-refractivity contribution in [3.63, 3.8) is 0 Å². The molecule has 0 saturated carbocycles. The maximum Gasteiger partial charge on any atom is 0.341 e. The number of likely N-dealkylation sites (N-methyl/N-ethyl adjacent to an activating group) is 1. The van der Waals surface area contributed by atoms with Crippen LogP contribution in [0.25, 0.3) is 0 Å². The number of carbonyl (C=O) groups is 3. The summed E-state index contributed by atoms with van der Waals surface area (Å²) in [5, 5.41) is 7.68. The Morgan fingerprint density at radius 3 is 2.46 bits per heavy atom. The van der Waals surface area contributed by atoms with Crippen LogP contribution >= 0.6 is 27.3 Å². The van der Waals surface area contributed by atoms with Crippen LogP contribution < -0.4 is 10.6 Å². The van der Waals surface area contributed by atoms with Crippen LogP contribution in [0.5, 0.6) is 0 Å². The van der Waals surface area contributed by atoms with E-state index in [1.807, 2.05) is 25.1 Å². The van der Waals surface area contributed by atoms with E-state index in [1.165, 1.54) is 11.3 Å². The van der Waals surface area contributed by atoms with E-state index in [0.717, 1.165) is 15.7 Å². The Labute approximate surface area is 176 Å². The number of ether oxygens (including phenoxy) is 1. The zero-order valence-corrected chi connectivity index (χ0v) is 18.3. The number of nitrogens with one attached hydrogen (secondary N) is 2. The molecule has 0 spiro atoms. The third-order valence-electron chi connectivity index (χ3n) is 3.70. The van der Waals surface area contributed by atoms with E-state index in [0.29, 0.717) is 10.6 Å². The van der Waals surface area contributed by atoms with Crippen LogP contribution in [-0.4, -0.2) is 49.4 Å². The van der Waals surface area contributed by atoms with Crippen LogP contribution in [-0.2, 0) is 14.3 Å². The zero-order chi connectivity index (χ0) is 20.7. The minimum atomic E-state index is -0.475. The number of hydrogen-bond acceptors (Lipinski definition) is 6. The molecule has 9 heteroatoms. The van der Waals surface area contributed by atoms with E-state index in [9.17, 15) is 14.4 Å². The van der Waals surface area contributed by atoms with Crippen molar-refractivity contribution in [1.29, 1.82) is 0 Å². The van der Waals surface area contributed by atoms with Crippen LogP contribution in [0.15, 0.2) is 34.1 Å². The Kier molecular flexibility index (Phi) is 8.16. The van der Waals surface area contributed by atoms with Crippen LogP contribution in [0.3, 0.4) is 0 Å². The molecule has 0 saturated heterocycles. The molecule has 0 aliphatic heterocycles. The number of thiophene rings is 1. The number of carbonyl (C=O) groups excluding carboxylic acids is 3. The monoisotopic (exact) mass is 467 g/mol. The lowest BCUT2D eigenvalue weighted by Crippen LogP contribution is -2.36. The summed E-state index contributed by atoms with van der Waals surface area (Å²) in [4.78, 5) is 37.9. The van der Waals surface area contributed by atoms with Crippen LogP contribution in [0, 0.1) is 6.92 Å². The Hall–Kier alpha value is -2.23. The van der Waals surface area contributed by atoms with Crippen molar-refractivity contribution in [3.8, 4) is 0 Å². The summed E-state index contributed by atoms with van der Waals surface area (Å²) in [5.41, 5.74) is 1.99. The zero-order valence-electron chi connectivity index (χ0n) is 15.9. The SMILES string of the molecule is CCOC(=O)c1ccsc1NC(=O)CN(C)CC(=O)Nc1ccc(Br)cc1C. The van der Waals surface area contributed by atoms with E-state index in [4.69, 9.17) is 4.74 Å². The summed E-state index contributed by atoms with van der Waals surface area (Å²) in [6.07, 6.45) is 0. The first-order valence-corrected chi connectivity index (χ1v) is 10.3. The molecule has 2 amide bonds. The van der Waals surface area contributed by atoms with Gasteiger partial charge < -0.3 is 15.4 Å². The minimum Gasteiger partial charge on any atom is -0.462 e. The fourth-order valence-electron chi connectivity index (χ4n) is 2.45. The molecule has 0 aliphatic carbocycles. The average molecular weight is 468 g/mol. The summed E-state index contributed by atoms with van der Waals surface area (Å²) in [7, 11) is 1.67. The quantitative estimate of drug-likeness (QED) is 0.579. The first kappa shape index (κ1) is 22.1. The second-order valence-electron chi connectivity index (χ2n) is 6.11. The minimum absolute atomic E-state index is 0.00685. The Morgan fingerprint density at radius 1 is 1.14 bits per heavy atom. The first-order chi connectivity index (χ1) is 13.3. The second kappa shape index (κ2) is 10.4. The maximum absolute atomic E-state index is 12.2. The number of benzene rings is 1. The number of hydrogen-bond donors (Lipinski definition) is 2. The van der Waals surface area contributed by atoms with Crippen molar-refractivity contribution >= 4 is 55.7 Å². The van der Waals surface area contributed by atoms with Crippen LogP contribution in [0.4, 0.5) is 10.7 Å².